The number of likely N-dealkylation sites (tertiary alicyclic amines) is 1. The molecule has 4 rings (SSSR count). The van der Waals surface area contributed by atoms with Crippen LogP contribution in [0.4, 0.5) is 10.5 Å². The molecule has 27 heavy (non-hydrogen) atoms. The molecule has 1 saturated heterocycles. The Morgan fingerprint density at radius 1 is 1.07 bits per heavy atom. The van der Waals surface area contributed by atoms with Crippen LogP contribution in [0.15, 0.2) is 48.5 Å². The third kappa shape index (κ3) is 4.33. The average molecular weight is 364 g/mol. The number of carbonyl (C=O) groups excluding carboxylic acids is 1. The minimum absolute atomic E-state index is 0.0698. The molecule has 0 atom stereocenters. The van der Waals surface area contributed by atoms with Gasteiger partial charge >= 0.3 is 6.03 Å². The van der Waals surface area contributed by atoms with Crippen LogP contribution in [0.3, 0.4) is 0 Å². The molecule has 142 valence electrons. The predicted octanol–water partition coefficient (Wildman–Crippen LogP) is 3.77. The van der Waals surface area contributed by atoms with Gasteiger partial charge in [0.05, 0.1) is 0 Å². The Hall–Kier alpha value is -2.33. The summed E-state index contributed by atoms with van der Waals surface area (Å²) in [5.41, 5.74) is 5.04. The highest BCUT2D eigenvalue weighted by Gasteiger charge is 2.27. The Labute approximate surface area is 162 Å². The number of hydrogen-bond donors (Lipinski definition) is 1. The third-order valence-electron chi connectivity index (χ3n) is 5.85. The van der Waals surface area contributed by atoms with Crippen LogP contribution in [-0.4, -0.2) is 43.2 Å². The lowest BCUT2D eigenvalue weighted by atomic mass is 10.0. The standard InChI is InChI=1S/C23H29N3O/c1-18-7-8-22-20(17-18)10-16-26(22)23(27)24-21-11-14-25(15-12-21)13-9-19-5-3-2-4-6-19/h2-8,17,21H,9-16H2,1H3,(H,24,27). The number of fused-ring (bicyclic) bond motifs is 1. The quantitative estimate of drug-likeness (QED) is 0.897. The number of benzene rings is 2. The van der Waals surface area contributed by atoms with Gasteiger partial charge in [0.15, 0.2) is 0 Å². The largest absolute Gasteiger partial charge is 0.335 e. The summed E-state index contributed by atoms with van der Waals surface area (Å²) in [6, 6.07) is 17.4. The molecule has 0 radical (unpaired) electrons. The third-order valence-corrected chi connectivity index (χ3v) is 5.85. The second-order valence-corrected chi connectivity index (χ2v) is 7.83. The highest BCUT2D eigenvalue weighted by Crippen LogP contribution is 2.29. The average Bonchev–Trinajstić information content (AvgIpc) is 3.11. The summed E-state index contributed by atoms with van der Waals surface area (Å²) in [5.74, 6) is 0. The van der Waals surface area contributed by atoms with E-state index in [9.17, 15) is 4.79 Å². The first-order chi connectivity index (χ1) is 13.2. The lowest BCUT2D eigenvalue weighted by Gasteiger charge is -2.33. The van der Waals surface area contributed by atoms with Crippen molar-refractivity contribution in [1.82, 2.24) is 10.2 Å². The number of amides is 2. The van der Waals surface area contributed by atoms with Crippen LogP contribution >= 0.6 is 0 Å². The van der Waals surface area contributed by atoms with E-state index in [1.165, 1.54) is 16.7 Å². The minimum Gasteiger partial charge on any atom is -0.335 e. The molecule has 2 aromatic rings. The number of rotatable bonds is 4. The zero-order valence-corrected chi connectivity index (χ0v) is 16.2. The normalized spacial score (nSPS) is 17.7. The van der Waals surface area contributed by atoms with Crippen molar-refractivity contribution in [2.24, 2.45) is 0 Å². The molecule has 2 amide bonds. The maximum absolute atomic E-state index is 12.8. The predicted molar refractivity (Wildman–Crippen MR) is 110 cm³/mol. The number of urea groups is 1. The van der Waals surface area contributed by atoms with Crippen LogP contribution in [0.2, 0.25) is 0 Å². The van der Waals surface area contributed by atoms with Crippen molar-refractivity contribution in [3.8, 4) is 0 Å². The fourth-order valence-corrected chi connectivity index (χ4v) is 4.23. The van der Waals surface area contributed by atoms with Crippen LogP contribution in [0.5, 0.6) is 0 Å². The molecule has 0 spiro atoms. The molecular formula is C23H29N3O. The molecular weight excluding hydrogens is 334 g/mol. The fraction of sp³-hybridized carbons (Fsp3) is 0.435. The number of piperidine rings is 1. The zero-order valence-electron chi connectivity index (χ0n) is 16.2. The Bertz CT molecular complexity index is 781. The van der Waals surface area contributed by atoms with E-state index in [0.717, 1.165) is 57.5 Å². The van der Waals surface area contributed by atoms with Crippen LogP contribution in [0.1, 0.15) is 29.5 Å². The molecule has 2 aliphatic rings. The molecule has 2 aromatic carbocycles. The second kappa shape index (κ2) is 8.13. The van der Waals surface area contributed by atoms with Gasteiger partial charge in [-0.3, -0.25) is 4.90 Å². The Kier molecular flexibility index (Phi) is 5.44. The van der Waals surface area contributed by atoms with Crippen LogP contribution < -0.4 is 10.2 Å². The summed E-state index contributed by atoms with van der Waals surface area (Å²) in [5, 5.41) is 3.27. The Morgan fingerprint density at radius 2 is 1.85 bits per heavy atom. The van der Waals surface area contributed by atoms with E-state index >= 15 is 0 Å². The van der Waals surface area contributed by atoms with E-state index in [0.29, 0.717) is 6.04 Å². The number of anilines is 1. The van der Waals surface area contributed by atoms with Crippen molar-refractivity contribution in [2.75, 3.05) is 31.1 Å². The van der Waals surface area contributed by atoms with Gasteiger partial charge in [-0.1, -0.05) is 48.0 Å². The monoisotopic (exact) mass is 363 g/mol. The van der Waals surface area contributed by atoms with Gasteiger partial charge in [-0.25, -0.2) is 4.79 Å². The van der Waals surface area contributed by atoms with E-state index in [1.54, 1.807) is 0 Å². The van der Waals surface area contributed by atoms with Crippen molar-refractivity contribution in [3.05, 3.63) is 65.2 Å². The van der Waals surface area contributed by atoms with Gasteiger partial charge in [0.1, 0.15) is 0 Å². The van der Waals surface area contributed by atoms with Gasteiger partial charge in [0, 0.05) is 37.9 Å². The Balaban J connectivity index is 1.24. The van der Waals surface area contributed by atoms with Gasteiger partial charge in [0.25, 0.3) is 0 Å². The molecule has 0 saturated carbocycles. The van der Waals surface area contributed by atoms with Gasteiger partial charge in [-0.15, -0.1) is 0 Å². The summed E-state index contributed by atoms with van der Waals surface area (Å²) in [6.07, 6.45) is 4.13. The number of nitrogens with one attached hydrogen (secondary N) is 1. The van der Waals surface area contributed by atoms with Crippen molar-refractivity contribution >= 4 is 11.7 Å². The van der Waals surface area contributed by atoms with E-state index in [2.05, 4.69) is 65.7 Å². The highest BCUT2D eigenvalue weighted by molar-refractivity contribution is 5.94. The van der Waals surface area contributed by atoms with Gasteiger partial charge in [0.2, 0.25) is 0 Å². The maximum Gasteiger partial charge on any atom is 0.322 e. The second-order valence-electron chi connectivity index (χ2n) is 7.83. The maximum atomic E-state index is 12.8. The van der Waals surface area contributed by atoms with E-state index in [-0.39, 0.29) is 6.03 Å². The van der Waals surface area contributed by atoms with Crippen molar-refractivity contribution in [2.45, 2.75) is 38.6 Å². The van der Waals surface area contributed by atoms with Crippen molar-refractivity contribution in [1.29, 1.82) is 0 Å². The zero-order chi connectivity index (χ0) is 18.6. The van der Waals surface area contributed by atoms with Crippen LogP contribution in [0, 0.1) is 6.92 Å². The summed E-state index contributed by atoms with van der Waals surface area (Å²) >= 11 is 0. The molecule has 0 bridgehead atoms. The molecule has 4 nitrogen and oxygen atoms in total. The molecule has 0 aliphatic carbocycles. The molecule has 2 aliphatic heterocycles. The number of aryl methyl sites for hydroxylation is 1. The molecule has 2 heterocycles. The summed E-state index contributed by atoms with van der Waals surface area (Å²) in [4.78, 5) is 17.2. The van der Waals surface area contributed by atoms with Gasteiger partial charge in [-0.2, -0.15) is 0 Å². The molecule has 4 heteroatoms. The minimum atomic E-state index is 0.0698. The van der Waals surface area contributed by atoms with Crippen LogP contribution in [0.25, 0.3) is 0 Å². The summed E-state index contributed by atoms with van der Waals surface area (Å²) in [6.45, 7) is 6.12. The van der Waals surface area contributed by atoms with Crippen molar-refractivity contribution < 1.29 is 4.79 Å². The van der Waals surface area contributed by atoms with Gasteiger partial charge < -0.3 is 10.2 Å². The van der Waals surface area contributed by atoms with E-state index in [4.69, 9.17) is 0 Å². The Morgan fingerprint density at radius 3 is 2.63 bits per heavy atom. The smallest absolute Gasteiger partial charge is 0.322 e. The molecule has 1 fully saturated rings. The number of hydrogen-bond acceptors (Lipinski definition) is 2. The molecule has 1 N–H and O–H groups in total. The molecule has 0 aromatic heterocycles. The first-order valence-electron chi connectivity index (χ1n) is 10.1. The summed E-state index contributed by atoms with van der Waals surface area (Å²) < 4.78 is 0. The molecule has 0 unspecified atom stereocenters. The lowest BCUT2D eigenvalue weighted by Crippen LogP contribution is -2.49. The van der Waals surface area contributed by atoms with Crippen molar-refractivity contribution in [3.63, 3.8) is 0 Å². The number of nitrogens with zero attached hydrogens (tertiary/aromatic N) is 2. The number of carbonyl (C=O) groups is 1. The fourth-order valence-electron chi connectivity index (χ4n) is 4.23. The van der Waals surface area contributed by atoms with E-state index < -0.39 is 0 Å². The SMILES string of the molecule is Cc1ccc2c(c1)CCN2C(=O)NC1CCN(CCc2ccccc2)CC1. The highest BCUT2D eigenvalue weighted by atomic mass is 16.2. The summed E-state index contributed by atoms with van der Waals surface area (Å²) in [7, 11) is 0. The van der Waals surface area contributed by atoms with Crippen LogP contribution in [-0.2, 0) is 12.8 Å². The van der Waals surface area contributed by atoms with E-state index in [1.807, 2.05) is 4.90 Å². The lowest BCUT2D eigenvalue weighted by molar-refractivity contribution is 0.196. The van der Waals surface area contributed by atoms with Gasteiger partial charge in [-0.05, 0) is 49.8 Å². The topological polar surface area (TPSA) is 35.6 Å². The first-order valence-corrected chi connectivity index (χ1v) is 10.1. The first kappa shape index (κ1) is 18.1.